The Bertz CT molecular complexity index is 786. The summed E-state index contributed by atoms with van der Waals surface area (Å²) >= 11 is 6.01. The second kappa shape index (κ2) is 7.10. The SMILES string of the molecule is Clc1cccc(Cn2ccc(=NCc3ccccc3)cc2)c1. The van der Waals surface area contributed by atoms with Crippen molar-refractivity contribution >= 4 is 11.6 Å². The van der Waals surface area contributed by atoms with Gasteiger partial charge in [0.05, 0.1) is 11.9 Å². The summed E-state index contributed by atoms with van der Waals surface area (Å²) in [6.45, 7) is 1.51. The topological polar surface area (TPSA) is 17.3 Å². The number of aromatic nitrogens is 1. The summed E-state index contributed by atoms with van der Waals surface area (Å²) in [4.78, 5) is 4.60. The van der Waals surface area contributed by atoms with E-state index in [4.69, 9.17) is 11.6 Å². The Morgan fingerprint density at radius 2 is 1.55 bits per heavy atom. The van der Waals surface area contributed by atoms with Gasteiger partial charge in [-0.15, -0.1) is 0 Å². The molecule has 0 atom stereocenters. The molecule has 0 N–H and O–H groups in total. The Morgan fingerprint density at radius 3 is 2.27 bits per heavy atom. The number of nitrogens with zero attached hydrogens (tertiary/aromatic N) is 2. The number of hydrogen-bond donors (Lipinski definition) is 0. The predicted octanol–water partition coefficient (Wildman–Crippen LogP) is 4.29. The van der Waals surface area contributed by atoms with Gasteiger partial charge in [-0.25, -0.2) is 0 Å². The maximum atomic E-state index is 6.01. The molecule has 0 aliphatic rings. The van der Waals surface area contributed by atoms with Crippen LogP contribution in [0.3, 0.4) is 0 Å². The van der Waals surface area contributed by atoms with Crippen molar-refractivity contribution in [1.82, 2.24) is 4.57 Å². The standard InChI is InChI=1S/C19H17ClN2/c20-18-8-4-7-17(13-18)15-22-11-9-19(10-12-22)21-14-16-5-2-1-3-6-16/h1-13H,14-15H2. The fraction of sp³-hybridized carbons (Fsp3) is 0.105. The number of halogens is 1. The van der Waals surface area contributed by atoms with Crippen molar-refractivity contribution in [1.29, 1.82) is 0 Å². The molecule has 0 saturated carbocycles. The van der Waals surface area contributed by atoms with Gasteiger partial charge in [0.2, 0.25) is 0 Å². The summed E-state index contributed by atoms with van der Waals surface area (Å²) < 4.78 is 2.12. The second-order valence-corrected chi connectivity index (χ2v) is 5.60. The zero-order valence-corrected chi connectivity index (χ0v) is 12.9. The van der Waals surface area contributed by atoms with Crippen molar-refractivity contribution in [2.75, 3.05) is 0 Å². The van der Waals surface area contributed by atoms with Crippen molar-refractivity contribution < 1.29 is 0 Å². The van der Waals surface area contributed by atoms with Gasteiger partial charge in [0.25, 0.3) is 0 Å². The number of pyridine rings is 1. The van der Waals surface area contributed by atoms with Gasteiger partial charge in [-0.2, -0.15) is 0 Å². The molecule has 0 unspecified atom stereocenters. The second-order valence-electron chi connectivity index (χ2n) is 5.16. The van der Waals surface area contributed by atoms with E-state index in [0.717, 1.165) is 16.9 Å². The van der Waals surface area contributed by atoms with E-state index < -0.39 is 0 Å². The summed E-state index contributed by atoms with van der Waals surface area (Å²) in [5.74, 6) is 0. The molecule has 0 aliphatic carbocycles. The molecule has 3 rings (SSSR count). The summed E-state index contributed by atoms with van der Waals surface area (Å²) in [5, 5.41) is 1.76. The van der Waals surface area contributed by atoms with E-state index in [9.17, 15) is 0 Å². The van der Waals surface area contributed by atoms with Crippen LogP contribution in [0.4, 0.5) is 0 Å². The Kier molecular flexibility index (Phi) is 4.71. The van der Waals surface area contributed by atoms with E-state index in [-0.39, 0.29) is 0 Å². The van der Waals surface area contributed by atoms with Gasteiger partial charge in [-0.3, -0.25) is 4.99 Å². The van der Waals surface area contributed by atoms with E-state index in [1.54, 1.807) is 0 Å². The first-order chi connectivity index (χ1) is 10.8. The normalized spacial score (nSPS) is 10.4. The predicted molar refractivity (Wildman–Crippen MR) is 90.7 cm³/mol. The molecule has 0 amide bonds. The largest absolute Gasteiger partial charge is 0.350 e. The van der Waals surface area contributed by atoms with Crippen molar-refractivity contribution in [2.24, 2.45) is 4.99 Å². The molecule has 0 radical (unpaired) electrons. The minimum absolute atomic E-state index is 0.707. The quantitative estimate of drug-likeness (QED) is 0.684. The van der Waals surface area contributed by atoms with Crippen LogP contribution in [0.25, 0.3) is 0 Å². The van der Waals surface area contributed by atoms with Crippen molar-refractivity contribution in [2.45, 2.75) is 13.1 Å². The van der Waals surface area contributed by atoms with Crippen LogP contribution >= 0.6 is 11.6 Å². The lowest BCUT2D eigenvalue weighted by Gasteiger charge is -2.06. The van der Waals surface area contributed by atoms with Crippen LogP contribution in [0.2, 0.25) is 5.02 Å². The van der Waals surface area contributed by atoms with E-state index in [0.29, 0.717) is 6.54 Å². The van der Waals surface area contributed by atoms with Gasteiger partial charge in [-0.1, -0.05) is 54.1 Å². The molecular formula is C19H17ClN2. The lowest BCUT2D eigenvalue weighted by molar-refractivity contribution is 0.785. The first-order valence-electron chi connectivity index (χ1n) is 7.24. The Morgan fingerprint density at radius 1 is 0.818 bits per heavy atom. The summed E-state index contributed by atoms with van der Waals surface area (Å²) in [5.41, 5.74) is 2.41. The molecule has 3 heteroatoms. The van der Waals surface area contributed by atoms with Gasteiger partial charge in [0, 0.05) is 24.0 Å². The van der Waals surface area contributed by atoms with Gasteiger partial charge < -0.3 is 4.57 Å². The molecule has 0 bridgehead atoms. The van der Waals surface area contributed by atoms with Crippen molar-refractivity contribution in [3.63, 3.8) is 0 Å². The molecule has 1 aromatic heterocycles. The molecular weight excluding hydrogens is 292 g/mol. The van der Waals surface area contributed by atoms with Crippen molar-refractivity contribution in [3.05, 3.63) is 101 Å². The van der Waals surface area contributed by atoms with Crippen LogP contribution in [0.1, 0.15) is 11.1 Å². The highest BCUT2D eigenvalue weighted by atomic mass is 35.5. The molecule has 0 spiro atoms. The zero-order valence-electron chi connectivity index (χ0n) is 12.2. The zero-order chi connectivity index (χ0) is 15.2. The maximum absolute atomic E-state index is 6.01. The smallest absolute Gasteiger partial charge is 0.0646 e. The molecule has 3 aromatic rings. The molecule has 1 heterocycles. The number of rotatable bonds is 4. The molecule has 22 heavy (non-hydrogen) atoms. The average Bonchev–Trinajstić information content (AvgIpc) is 2.55. The minimum atomic E-state index is 0.707. The van der Waals surface area contributed by atoms with Crippen LogP contribution in [0.5, 0.6) is 0 Å². The van der Waals surface area contributed by atoms with Crippen LogP contribution in [0.15, 0.2) is 84.1 Å². The third kappa shape index (κ3) is 4.09. The highest BCUT2D eigenvalue weighted by molar-refractivity contribution is 6.30. The Balaban J connectivity index is 1.70. The van der Waals surface area contributed by atoms with Crippen molar-refractivity contribution in [3.8, 4) is 0 Å². The molecule has 0 fully saturated rings. The third-order valence-electron chi connectivity index (χ3n) is 3.41. The Labute approximate surface area is 135 Å². The van der Waals surface area contributed by atoms with E-state index in [1.165, 1.54) is 11.1 Å². The van der Waals surface area contributed by atoms with E-state index >= 15 is 0 Å². The van der Waals surface area contributed by atoms with E-state index in [1.807, 2.05) is 60.9 Å². The summed E-state index contributed by atoms with van der Waals surface area (Å²) in [7, 11) is 0. The summed E-state index contributed by atoms with van der Waals surface area (Å²) in [6, 6.07) is 22.3. The first-order valence-corrected chi connectivity index (χ1v) is 7.62. The fourth-order valence-electron chi connectivity index (χ4n) is 2.27. The fourth-order valence-corrected chi connectivity index (χ4v) is 2.49. The van der Waals surface area contributed by atoms with Crippen LogP contribution in [-0.4, -0.2) is 4.57 Å². The third-order valence-corrected chi connectivity index (χ3v) is 3.65. The van der Waals surface area contributed by atoms with Gasteiger partial charge in [-0.05, 0) is 35.4 Å². The molecule has 2 nitrogen and oxygen atoms in total. The minimum Gasteiger partial charge on any atom is -0.350 e. The van der Waals surface area contributed by atoms with Gasteiger partial charge >= 0.3 is 0 Å². The molecule has 2 aromatic carbocycles. The molecule has 110 valence electrons. The first kappa shape index (κ1) is 14.6. The molecule has 0 aliphatic heterocycles. The monoisotopic (exact) mass is 308 g/mol. The van der Waals surface area contributed by atoms with Crippen LogP contribution < -0.4 is 5.36 Å². The number of benzene rings is 2. The summed E-state index contributed by atoms with van der Waals surface area (Å²) in [6.07, 6.45) is 4.09. The number of hydrogen-bond acceptors (Lipinski definition) is 1. The van der Waals surface area contributed by atoms with Crippen LogP contribution in [-0.2, 0) is 13.1 Å². The van der Waals surface area contributed by atoms with Crippen LogP contribution in [0, 0.1) is 0 Å². The lowest BCUT2D eigenvalue weighted by Crippen LogP contribution is -2.06. The average molecular weight is 309 g/mol. The Hall–Kier alpha value is -2.32. The van der Waals surface area contributed by atoms with Gasteiger partial charge in [0.15, 0.2) is 0 Å². The maximum Gasteiger partial charge on any atom is 0.0646 e. The molecule has 0 saturated heterocycles. The lowest BCUT2D eigenvalue weighted by atomic mass is 10.2. The highest BCUT2D eigenvalue weighted by Gasteiger charge is 1.95. The van der Waals surface area contributed by atoms with Gasteiger partial charge in [0.1, 0.15) is 0 Å². The van der Waals surface area contributed by atoms with E-state index in [2.05, 4.69) is 27.8 Å². The highest BCUT2D eigenvalue weighted by Crippen LogP contribution is 2.11.